The molecule has 2 aromatic rings. The lowest BCUT2D eigenvalue weighted by Gasteiger charge is -2.06. The maximum atomic E-state index is 12.0. The van der Waals surface area contributed by atoms with E-state index in [0.717, 1.165) is 3.57 Å². The van der Waals surface area contributed by atoms with Crippen molar-refractivity contribution in [3.05, 3.63) is 62.2 Å². The minimum atomic E-state index is -3.94. The number of rotatable bonds is 4. The predicted molar refractivity (Wildman–Crippen MR) is 80.1 cm³/mol. The minimum Gasteiger partial charge on any atom is -0.379 e. The molecular weight excluding hydrogens is 397 g/mol. The Morgan fingerprint density at radius 1 is 1.00 bits per heavy atom. The highest BCUT2D eigenvalue weighted by atomic mass is 127. The maximum absolute atomic E-state index is 12.0. The largest absolute Gasteiger partial charge is 0.379 e. The average Bonchev–Trinajstić information content (AvgIpc) is 2.39. The summed E-state index contributed by atoms with van der Waals surface area (Å²) in [5.41, 5.74) is -0.135. The van der Waals surface area contributed by atoms with Crippen molar-refractivity contribution >= 4 is 38.4 Å². The first kappa shape index (κ1) is 14.7. The summed E-state index contributed by atoms with van der Waals surface area (Å²) < 4.78 is 29.8. The molecule has 6 nitrogen and oxygen atoms in total. The van der Waals surface area contributed by atoms with E-state index in [-0.39, 0.29) is 16.3 Å². The lowest BCUT2D eigenvalue weighted by Crippen LogP contribution is -2.09. The van der Waals surface area contributed by atoms with Crippen LogP contribution in [0.5, 0.6) is 5.75 Å². The van der Waals surface area contributed by atoms with E-state index < -0.39 is 15.0 Å². The van der Waals surface area contributed by atoms with Gasteiger partial charge in [-0.15, -0.1) is 0 Å². The van der Waals surface area contributed by atoms with Crippen LogP contribution in [0, 0.1) is 13.7 Å². The van der Waals surface area contributed by atoms with Crippen molar-refractivity contribution in [3.63, 3.8) is 0 Å². The standard InChI is InChI=1S/C12H8INO5S/c13-9-1-7-12(8-2-9)20(17,18)19-11-5-3-10(4-6-11)14(15)16/h1-8H. The molecule has 104 valence electrons. The van der Waals surface area contributed by atoms with Gasteiger partial charge in [0, 0.05) is 15.7 Å². The van der Waals surface area contributed by atoms with Crippen LogP contribution in [0.1, 0.15) is 0 Å². The molecule has 0 aromatic heterocycles. The molecule has 0 aliphatic rings. The van der Waals surface area contributed by atoms with E-state index in [0.29, 0.717) is 0 Å². The smallest absolute Gasteiger partial charge is 0.339 e. The molecule has 20 heavy (non-hydrogen) atoms. The summed E-state index contributed by atoms with van der Waals surface area (Å²) >= 11 is 2.06. The summed E-state index contributed by atoms with van der Waals surface area (Å²) in [6.07, 6.45) is 0. The fourth-order valence-corrected chi connectivity index (χ4v) is 2.69. The van der Waals surface area contributed by atoms with Gasteiger partial charge in [-0.25, -0.2) is 0 Å². The second-order valence-corrected chi connectivity index (χ2v) is 6.53. The molecule has 0 N–H and O–H groups in total. The predicted octanol–water partition coefficient (Wildman–Crippen LogP) is 2.97. The van der Waals surface area contributed by atoms with Crippen molar-refractivity contribution in [1.82, 2.24) is 0 Å². The zero-order chi connectivity index (χ0) is 14.8. The second kappa shape index (κ2) is 5.75. The van der Waals surface area contributed by atoms with Crippen LogP contribution in [-0.2, 0) is 10.1 Å². The van der Waals surface area contributed by atoms with Crippen LogP contribution in [0.3, 0.4) is 0 Å². The van der Waals surface area contributed by atoms with E-state index in [1.807, 2.05) is 0 Å². The molecule has 0 aliphatic carbocycles. The Balaban J connectivity index is 2.24. The van der Waals surface area contributed by atoms with Crippen molar-refractivity contribution in [2.24, 2.45) is 0 Å². The first-order valence-corrected chi connectivity index (χ1v) is 7.82. The Morgan fingerprint density at radius 2 is 1.55 bits per heavy atom. The summed E-state index contributed by atoms with van der Waals surface area (Å²) in [6, 6.07) is 11.0. The van der Waals surface area contributed by atoms with Gasteiger partial charge in [0.05, 0.1) is 4.92 Å². The number of nitrogens with zero attached hydrogens (tertiary/aromatic N) is 1. The van der Waals surface area contributed by atoms with E-state index in [2.05, 4.69) is 22.6 Å². The Kier molecular flexibility index (Phi) is 4.23. The molecule has 0 bridgehead atoms. The monoisotopic (exact) mass is 405 g/mol. The number of non-ortho nitro benzene ring substituents is 1. The van der Waals surface area contributed by atoms with Crippen LogP contribution in [0.25, 0.3) is 0 Å². The van der Waals surface area contributed by atoms with Crippen molar-refractivity contribution in [1.29, 1.82) is 0 Å². The molecular formula is C12H8INO5S. The summed E-state index contributed by atoms with van der Waals surface area (Å²) in [7, 11) is -3.94. The van der Waals surface area contributed by atoms with Gasteiger partial charge in [-0.1, -0.05) is 0 Å². The number of benzene rings is 2. The van der Waals surface area contributed by atoms with Crippen molar-refractivity contribution in [2.45, 2.75) is 4.90 Å². The fourth-order valence-electron chi connectivity index (χ4n) is 1.40. The lowest BCUT2D eigenvalue weighted by molar-refractivity contribution is -0.384. The van der Waals surface area contributed by atoms with Gasteiger partial charge in [0.15, 0.2) is 0 Å². The summed E-state index contributed by atoms with van der Waals surface area (Å²) in [5, 5.41) is 10.5. The normalized spacial score (nSPS) is 11.1. The van der Waals surface area contributed by atoms with Crippen LogP contribution < -0.4 is 4.18 Å². The van der Waals surface area contributed by atoms with Gasteiger partial charge >= 0.3 is 10.1 Å². The van der Waals surface area contributed by atoms with Crippen LogP contribution >= 0.6 is 22.6 Å². The van der Waals surface area contributed by atoms with Gasteiger partial charge < -0.3 is 4.18 Å². The van der Waals surface area contributed by atoms with Crippen LogP contribution in [0.15, 0.2) is 53.4 Å². The van der Waals surface area contributed by atoms with Crippen molar-refractivity contribution < 1.29 is 17.5 Å². The molecule has 2 rings (SSSR count). The molecule has 0 amide bonds. The molecule has 0 fully saturated rings. The molecule has 0 radical (unpaired) electrons. The van der Waals surface area contributed by atoms with E-state index in [1.165, 1.54) is 36.4 Å². The fraction of sp³-hybridized carbons (Fsp3) is 0. The maximum Gasteiger partial charge on any atom is 0.339 e. The highest BCUT2D eigenvalue weighted by Gasteiger charge is 2.17. The van der Waals surface area contributed by atoms with E-state index >= 15 is 0 Å². The Hall–Kier alpha value is -1.68. The minimum absolute atomic E-state index is 0.0224. The van der Waals surface area contributed by atoms with Gasteiger partial charge in [-0.2, -0.15) is 8.42 Å². The summed E-state index contributed by atoms with van der Waals surface area (Å²) in [4.78, 5) is 9.95. The Bertz CT molecular complexity index is 725. The first-order chi connectivity index (χ1) is 9.38. The molecule has 2 aromatic carbocycles. The molecule has 0 heterocycles. The average molecular weight is 405 g/mol. The zero-order valence-electron chi connectivity index (χ0n) is 9.89. The molecule has 0 unspecified atom stereocenters. The van der Waals surface area contributed by atoms with Gasteiger partial charge in [-0.3, -0.25) is 10.1 Å². The third-order valence-electron chi connectivity index (χ3n) is 2.36. The number of halogens is 1. The third kappa shape index (κ3) is 3.45. The van der Waals surface area contributed by atoms with Gasteiger partial charge in [0.25, 0.3) is 5.69 Å². The Morgan fingerprint density at radius 3 is 2.05 bits per heavy atom. The van der Waals surface area contributed by atoms with Crippen LogP contribution in [-0.4, -0.2) is 13.3 Å². The molecule has 0 saturated carbocycles. The van der Waals surface area contributed by atoms with Crippen molar-refractivity contribution in [3.8, 4) is 5.75 Å². The van der Waals surface area contributed by atoms with Gasteiger partial charge in [-0.05, 0) is 59.0 Å². The number of hydrogen-bond donors (Lipinski definition) is 0. The first-order valence-electron chi connectivity index (χ1n) is 5.33. The second-order valence-electron chi connectivity index (χ2n) is 3.74. The van der Waals surface area contributed by atoms with Crippen LogP contribution in [0.2, 0.25) is 0 Å². The van der Waals surface area contributed by atoms with Gasteiger partial charge in [0.2, 0.25) is 0 Å². The number of nitro benzene ring substituents is 1. The molecule has 0 aliphatic heterocycles. The van der Waals surface area contributed by atoms with E-state index in [9.17, 15) is 18.5 Å². The highest BCUT2D eigenvalue weighted by molar-refractivity contribution is 14.1. The molecule has 0 atom stereocenters. The third-order valence-corrected chi connectivity index (χ3v) is 4.34. The Labute approximate surface area is 128 Å². The number of hydrogen-bond acceptors (Lipinski definition) is 5. The topological polar surface area (TPSA) is 86.5 Å². The van der Waals surface area contributed by atoms with Crippen molar-refractivity contribution in [2.75, 3.05) is 0 Å². The van der Waals surface area contributed by atoms with Crippen LogP contribution in [0.4, 0.5) is 5.69 Å². The van der Waals surface area contributed by atoms with E-state index in [4.69, 9.17) is 4.18 Å². The quantitative estimate of drug-likeness (QED) is 0.338. The zero-order valence-corrected chi connectivity index (χ0v) is 12.9. The SMILES string of the molecule is O=[N+]([O-])c1ccc(OS(=O)(=O)c2ccc(I)cc2)cc1. The highest BCUT2D eigenvalue weighted by Crippen LogP contribution is 2.22. The molecule has 0 saturated heterocycles. The molecule has 0 spiro atoms. The summed E-state index contributed by atoms with van der Waals surface area (Å²) in [5.74, 6) is 0.0224. The summed E-state index contributed by atoms with van der Waals surface area (Å²) in [6.45, 7) is 0. The van der Waals surface area contributed by atoms with E-state index in [1.54, 1.807) is 12.1 Å². The molecule has 8 heteroatoms. The van der Waals surface area contributed by atoms with Gasteiger partial charge in [0.1, 0.15) is 10.6 Å². The number of nitro groups is 1. The lowest BCUT2D eigenvalue weighted by atomic mass is 10.3.